The minimum atomic E-state index is 0.685. The highest BCUT2D eigenvalue weighted by atomic mass is 16.5. The second-order valence-electron chi connectivity index (χ2n) is 5.22. The second kappa shape index (κ2) is 6.33. The molecule has 4 rings (SSSR count). The van der Waals surface area contributed by atoms with Crippen molar-refractivity contribution in [3.05, 3.63) is 60.2 Å². The fraction of sp³-hybridized carbons (Fsp3) is 0.238. The van der Waals surface area contributed by atoms with Gasteiger partial charge in [-0.3, -0.25) is 0 Å². The maximum atomic E-state index is 5.61. The molecule has 0 radical (unpaired) electrons. The van der Waals surface area contributed by atoms with Gasteiger partial charge in [0.1, 0.15) is 0 Å². The molecule has 112 valence electrons. The van der Waals surface area contributed by atoms with Crippen LogP contribution in [0.5, 0.6) is 0 Å². The minimum Gasteiger partial charge on any atom is -0.377 e. The van der Waals surface area contributed by atoms with Crippen molar-refractivity contribution in [3.8, 4) is 0 Å². The second-order valence-corrected chi connectivity index (χ2v) is 5.22. The van der Waals surface area contributed by atoms with E-state index in [-0.39, 0.29) is 0 Å². The molecule has 4 aromatic rings. The van der Waals surface area contributed by atoms with Crippen molar-refractivity contribution in [1.29, 1.82) is 0 Å². The van der Waals surface area contributed by atoms with Gasteiger partial charge in [0.05, 0.1) is 6.61 Å². The van der Waals surface area contributed by atoms with Crippen molar-refractivity contribution in [3.63, 3.8) is 0 Å². The molecule has 0 saturated carbocycles. The van der Waals surface area contributed by atoms with Crippen LogP contribution >= 0.6 is 0 Å². The lowest BCUT2D eigenvalue weighted by molar-refractivity contribution is 0.135. The molecule has 0 aromatic heterocycles. The van der Waals surface area contributed by atoms with Crippen LogP contribution in [0.1, 0.15) is 26.3 Å². The van der Waals surface area contributed by atoms with Crippen LogP contribution in [0.4, 0.5) is 0 Å². The number of ether oxygens (including phenoxy) is 1. The van der Waals surface area contributed by atoms with Gasteiger partial charge in [-0.15, -0.1) is 0 Å². The molecule has 0 N–H and O–H groups in total. The normalized spacial score (nSPS) is 11.0. The largest absolute Gasteiger partial charge is 0.377 e. The Morgan fingerprint density at radius 2 is 1.32 bits per heavy atom. The topological polar surface area (TPSA) is 9.23 Å². The van der Waals surface area contributed by atoms with Crippen LogP contribution in [0.3, 0.4) is 0 Å². The van der Waals surface area contributed by atoms with Crippen molar-refractivity contribution >= 4 is 32.3 Å². The first-order chi connectivity index (χ1) is 10.9. The van der Waals surface area contributed by atoms with Gasteiger partial charge in [-0.05, 0) is 44.8 Å². The third-order valence-corrected chi connectivity index (χ3v) is 4.08. The van der Waals surface area contributed by atoms with Crippen LogP contribution < -0.4 is 0 Å². The summed E-state index contributed by atoms with van der Waals surface area (Å²) in [6.45, 7) is 7.47. The van der Waals surface area contributed by atoms with Crippen LogP contribution in [0.25, 0.3) is 32.3 Å². The van der Waals surface area contributed by atoms with Crippen LogP contribution in [0, 0.1) is 0 Å². The molecular weight excluding hydrogens is 268 g/mol. The van der Waals surface area contributed by atoms with Crippen LogP contribution in [0.15, 0.2) is 54.6 Å². The summed E-state index contributed by atoms with van der Waals surface area (Å²) in [5.74, 6) is 0. The molecule has 22 heavy (non-hydrogen) atoms. The Labute approximate surface area is 131 Å². The van der Waals surface area contributed by atoms with E-state index in [2.05, 4.69) is 54.6 Å². The van der Waals surface area contributed by atoms with Gasteiger partial charge in [0.2, 0.25) is 0 Å². The molecular formula is C21H22O. The van der Waals surface area contributed by atoms with Crippen LogP contribution in [-0.4, -0.2) is 6.61 Å². The van der Waals surface area contributed by atoms with E-state index >= 15 is 0 Å². The van der Waals surface area contributed by atoms with E-state index in [0.717, 1.165) is 6.61 Å². The Balaban J connectivity index is 0.000000693. The van der Waals surface area contributed by atoms with Crippen molar-refractivity contribution in [2.75, 3.05) is 6.61 Å². The van der Waals surface area contributed by atoms with Gasteiger partial charge >= 0.3 is 0 Å². The maximum Gasteiger partial charge on any atom is 0.0722 e. The van der Waals surface area contributed by atoms with Crippen molar-refractivity contribution < 1.29 is 4.74 Å². The lowest BCUT2D eigenvalue weighted by atomic mass is 9.92. The molecule has 0 unspecified atom stereocenters. The summed E-state index contributed by atoms with van der Waals surface area (Å²) in [6.07, 6.45) is 0. The van der Waals surface area contributed by atoms with Gasteiger partial charge < -0.3 is 4.74 Å². The van der Waals surface area contributed by atoms with E-state index < -0.39 is 0 Å². The third-order valence-electron chi connectivity index (χ3n) is 4.08. The Bertz CT molecular complexity index is 876. The van der Waals surface area contributed by atoms with E-state index in [0.29, 0.717) is 6.61 Å². The average molecular weight is 290 g/mol. The summed E-state index contributed by atoms with van der Waals surface area (Å²) in [7, 11) is 0. The fourth-order valence-corrected chi connectivity index (χ4v) is 3.13. The number of benzene rings is 4. The summed E-state index contributed by atoms with van der Waals surface area (Å²) < 4.78 is 5.61. The Hall–Kier alpha value is -2.12. The Morgan fingerprint density at radius 3 is 2.00 bits per heavy atom. The number of hydrogen-bond donors (Lipinski definition) is 0. The summed E-state index contributed by atoms with van der Waals surface area (Å²) in [4.78, 5) is 0. The predicted octanol–water partition coefficient (Wildman–Crippen LogP) is 6.15. The van der Waals surface area contributed by atoms with Crippen LogP contribution in [0.2, 0.25) is 0 Å². The lowest BCUT2D eigenvalue weighted by Gasteiger charge is -2.13. The van der Waals surface area contributed by atoms with E-state index in [1.165, 1.54) is 37.9 Å². The molecule has 0 bridgehead atoms. The number of hydrogen-bond acceptors (Lipinski definition) is 1. The Kier molecular flexibility index (Phi) is 4.26. The van der Waals surface area contributed by atoms with Gasteiger partial charge in [-0.25, -0.2) is 0 Å². The highest BCUT2D eigenvalue weighted by Crippen LogP contribution is 2.35. The first kappa shape index (κ1) is 14.8. The SMILES string of the molecule is CC.CCOCc1ccc2ccc3cccc4ccc1c2c34. The molecule has 0 saturated heterocycles. The third kappa shape index (κ3) is 2.32. The minimum absolute atomic E-state index is 0.685. The molecule has 1 nitrogen and oxygen atoms in total. The molecule has 0 atom stereocenters. The molecule has 0 aliphatic rings. The fourth-order valence-electron chi connectivity index (χ4n) is 3.13. The zero-order valence-electron chi connectivity index (χ0n) is 13.5. The van der Waals surface area contributed by atoms with Gasteiger partial charge in [-0.1, -0.05) is 68.4 Å². The number of rotatable bonds is 3. The zero-order valence-corrected chi connectivity index (χ0v) is 13.5. The summed E-state index contributed by atoms with van der Waals surface area (Å²) in [5, 5.41) is 8.01. The summed E-state index contributed by atoms with van der Waals surface area (Å²) in [5.41, 5.74) is 1.28. The molecule has 0 heterocycles. The Morgan fingerprint density at radius 1 is 0.727 bits per heavy atom. The first-order valence-corrected chi connectivity index (χ1v) is 8.11. The van der Waals surface area contributed by atoms with E-state index in [4.69, 9.17) is 4.74 Å². The smallest absolute Gasteiger partial charge is 0.0722 e. The van der Waals surface area contributed by atoms with Crippen LogP contribution in [-0.2, 0) is 11.3 Å². The van der Waals surface area contributed by atoms with E-state index in [9.17, 15) is 0 Å². The molecule has 4 aromatic carbocycles. The lowest BCUT2D eigenvalue weighted by Crippen LogP contribution is -1.94. The standard InChI is InChI=1S/C19H16O.C2H6/c1-2-20-12-16-9-8-15-7-6-13-4-3-5-14-10-11-17(16)19(15)18(13)14;1-2/h3-11H,2,12H2,1H3;1-2H3. The van der Waals surface area contributed by atoms with Crippen molar-refractivity contribution in [1.82, 2.24) is 0 Å². The molecule has 0 amide bonds. The highest BCUT2D eigenvalue weighted by Gasteiger charge is 2.10. The van der Waals surface area contributed by atoms with Gasteiger partial charge in [0, 0.05) is 6.61 Å². The monoisotopic (exact) mass is 290 g/mol. The van der Waals surface area contributed by atoms with Crippen molar-refractivity contribution in [2.24, 2.45) is 0 Å². The quantitative estimate of drug-likeness (QED) is 0.411. The van der Waals surface area contributed by atoms with Gasteiger partial charge in [-0.2, -0.15) is 0 Å². The van der Waals surface area contributed by atoms with Gasteiger partial charge in [0.15, 0.2) is 0 Å². The molecule has 1 heteroatoms. The maximum absolute atomic E-state index is 5.61. The highest BCUT2D eigenvalue weighted by molar-refractivity contribution is 6.23. The molecule has 0 aliphatic heterocycles. The molecule has 0 fully saturated rings. The van der Waals surface area contributed by atoms with Gasteiger partial charge in [0.25, 0.3) is 0 Å². The van der Waals surface area contributed by atoms with Crippen molar-refractivity contribution in [2.45, 2.75) is 27.4 Å². The van der Waals surface area contributed by atoms with E-state index in [1.54, 1.807) is 0 Å². The summed E-state index contributed by atoms with van der Waals surface area (Å²) >= 11 is 0. The predicted molar refractivity (Wildman–Crippen MR) is 96.8 cm³/mol. The average Bonchev–Trinajstić information content (AvgIpc) is 2.60. The summed E-state index contributed by atoms with van der Waals surface area (Å²) in [6, 6.07) is 19.8. The van der Waals surface area contributed by atoms with E-state index in [1.807, 2.05) is 20.8 Å². The molecule has 0 aliphatic carbocycles. The first-order valence-electron chi connectivity index (χ1n) is 8.11. The zero-order chi connectivity index (χ0) is 15.5. The molecule has 0 spiro atoms.